The number of urea groups is 1. The van der Waals surface area contributed by atoms with Crippen LogP contribution in [0, 0.1) is 0 Å². The number of piperidine rings is 1. The van der Waals surface area contributed by atoms with Gasteiger partial charge >= 0.3 is 6.03 Å². The molecule has 3 amide bonds. The van der Waals surface area contributed by atoms with E-state index >= 15 is 0 Å². The molecule has 0 saturated carbocycles. The Hall–Kier alpha value is -1.10. The summed E-state index contributed by atoms with van der Waals surface area (Å²) >= 11 is 0. The average Bonchev–Trinajstić information content (AvgIpc) is 2.03. The number of primary amides is 1. The molecule has 1 saturated heterocycles. The molecule has 1 fully saturated rings. The van der Waals surface area contributed by atoms with E-state index in [1.165, 1.54) is 0 Å². The summed E-state index contributed by atoms with van der Waals surface area (Å²) in [7, 11) is 0. The second-order valence-electron chi connectivity index (χ2n) is 2.83. The summed E-state index contributed by atoms with van der Waals surface area (Å²) in [5.41, 5.74) is 4.98. The summed E-state index contributed by atoms with van der Waals surface area (Å²) in [5.74, 6) is -0.284. The summed E-state index contributed by atoms with van der Waals surface area (Å²) in [5, 5.41) is 8.83. The third-order valence-electron chi connectivity index (χ3n) is 2.01. The van der Waals surface area contributed by atoms with Gasteiger partial charge in [-0.25, -0.2) is 4.79 Å². The van der Waals surface area contributed by atoms with Gasteiger partial charge in [-0.3, -0.25) is 9.69 Å². The Morgan fingerprint density at radius 2 is 2.42 bits per heavy atom. The Labute approximate surface area is 70.1 Å². The highest BCUT2D eigenvalue weighted by Crippen LogP contribution is 2.17. The lowest BCUT2D eigenvalue weighted by molar-refractivity contribution is -0.133. The van der Waals surface area contributed by atoms with E-state index in [1.807, 2.05) is 0 Å². The second kappa shape index (κ2) is 3.53. The van der Waals surface area contributed by atoms with E-state index in [1.54, 1.807) is 0 Å². The Kier molecular flexibility index (Phi) is 2.65. The van der Waals surface area contributed by atoms with E-state index in [2.05, 4.69) is 0 Å². The van der Waals surface area contributed by atoms with Crippen LogP contribution >= 0.6 is 0 Å². The molecule has 1 unspecified atom stereocenters. The molecule has 0 radical (unpaired) electrons. The van der Waals surface area contributed by atoms with Crippen LogP contribution in [0.2, 0.25) is 0 Å². The predicted octanol–water partition coefficient (Wildman–Crippen LogP) is -0.562. The van der Waals surface area contributed by atoms with Gasteiger partial charge in [0.15, 0.2) is 0 Å². The van der Waals surface area contributed by atoms with Crippen LogP contribution in [0.4, 0.5) is 4.79 Å². The molecule has 1 heterocycles. The molecular formula is C7H12N2O3. The van der Waals surface area contributed by atoms with Crippen LogP contribution in [-0.4, -0.2) is 34.6 Å². The molecule has 1 rings (SSSR count). The summed E-state index contributed by atoms with van der Waals surface area (Å²) in [4.78, 5) is 22.8. The Bertz CT molecular complexity index is 205. The molecule has 5 nitrogen and oxygen atoms in total. The number of nitrogens with two attached hydrogens (primary N) is 1. The first-order valence-electron chi connectivity index (χ1n) is 3.89. The monoisotopic (exact) mass is 172 g/mol. The third kappa shape index (κ3) is 1.55. The van der Waals surface area contributed by atoms with E-state index in [0.29, 0.717) is 19.3 Å². The van der Waals surface area contributed by atoms with Gasteiger partial charge < -0.3 is 10.8 Å². The van der Waals surface area contributed by atoms with Gasteiger partial charge in [0.1, 0.15) is 0 Å². The van der Waals surface area contributed by atoms with Crippen LogP contribution in [0.1, 0.15) is 19.3 Å². The zero-order valence-electron chi connectivity index (χ0n) is 6.69. The third-order valence-corrected chi connectivity index (χ3v) is 2.01. The van der Waals surface area contributed by atoms with Gasteiger partial charge in [-0.1, -0.05) is 0 Å². The van der Waals surface area contributed by atoms with Crippen LogP contribution in [0.3, 0.4) is 0 Å². The molecule has 1 aliphatic rings. The number of nitrogens with zero attached hydrogens (tertiary/aromatic N) is 1. The zero-order valence-corrected chi connectivity index (χ0v) is 6.69. The van der Waals surface area contributed by atoms with Crippen LogP contribution < -0.4 is 5.73 Å². The quantitative estimate of drug-likeness (QED) is 0.556. The highest BCUT2D eigenvalue weighted by molar-refractivity contribution is 5.94. The Morgan fingerprint density at radius 1 is 1.75 bits per heavy atom. The normalized spacial score (nSPS) is 24.2. The first kappa shape index (κ1) is 8.99. The number of hydrogen-bond acceptors (Lipinski definition) is 3. The molecule has 1 aliphatic heterocycles. The van der Waals surface area contributed by atoms with Crippen molar-refractivity contribution in [3.63, 3.8) is 0 Å². The number of imide groups is 1. The fraction of sp³-hybridized carbons (Fsp3) is 0.714. The lowest BCUT2D eigenvalue weighted by atomic mass is 10.0. The molecule has 5 heteroatoms. The van der Waals surface area contributed by atoms with Gasteiger partial charge in [0, 0.05) is 6.42 Å². The van der Waals surface area contributed by atoms with Gasteiger partial charge in [0.25, 0.3) is 0 Å². The number of carbonyl (C=O) groups excluding carboxylic acids is 2. The van der Waals surface area contributed by atoms with Gasteiger partial charge in [-0.05, 0) is 12.8 Å². The van der Waals surface area contributed by atoms with Crippen molar-refractivity contribution in [1.29, 1.82) is 0 Å². The van der Waals surface area contributed by atoms with E-state index in [9.17, 15) is 9.59 Å². The van der Waals surface area contributed by atoms with Crippen molar-refractivity contribution in [2.45, 2.75) is 25.3 Å². The minimum Gasteiger partial charge on any atom is -0.394 e. The average molecular weight is 172 g/mol. The molecule has 0 aromatic carbocycles. The molecule has 0 bridgehead atoms. The predicted molar refractivity (Wildman–Crippen MR) is 41.2 cm³/mol. The fourth-order valence-electron chi connectivity index (χ4n) is 1.42. The molecule has 12 heavy (non-hydrogen) atoms. The van der Waals surface area contributed by atoms with Gasteiger partial charge in [-0.2, -0.15) is 0 Å². The number of rotatable bonds is 1. The lowest BCUT2D eigenvalue weighted by Gasteiger charge is -2.30. The maximum atomic E-state index is 11.1. The number of carbonyl (C=O) groups is 2. The minimum atomic E-state index is -0.765. The first-order chi connectivity index (χ1) is 5.66. The van der Waals surface area contributed by atoms with Crippen molar-refractivity contribution in [3.05, 3.63) is 0 Å². The summed E-state index contributed by atoms with van der Waals surface area (Å²) in [6, 6.07) is -1.18. The Balaban J connectivity index is 2.72. The summed E-state index contributed by atoms with van der Waals surface area (Å²) < 4.78 is 0. The fourth-order valence-corrected chi connectivity index (χ4v) is 1.42. The van der Waals surface area contributed by atoms with Crippen LogP contribution in [-0.2, 0) is 4.79 Å². The van der Waals surface area contributed by atoms with Crippen molar-refractivity contribution in [2.75, 3.05) is 6.61 Å². The molecule has 0 aromatic heterocycles. The highest BCUT2D eigenvalue weighted by Gasteiger charge is 2.30. The maximum absolute atomic E-state index is 11.1. The van der Waals surface area contributed by atoms with Gasteiger partial charge in [0.05, 0.1) is 12.6 Å². The topological polar surface area (TPSA) is 83.6 Å². The first-order valence-corrected chi connectivity index (χ1v) is 3.89. The van der Waals surface area contributed by atoms with Crippen molar-refractivity contribution < 1.29 is 14.7 Å². The number of hydrogen-bond donors (Lipinski definition) is 2. The zero-order chi connectivity index (χ0) is 9.14. The highest BCUT2D eigenvalue weighted by atomic mass is 16.3. The Morgan fingerprint density at radius 3 is 2.83 bits per heavy atom. The lowest BCUT2D eigenvalue weighted by Crippen LogP contribution is -2.51. The number of aliphatic hydroxyl groups excluding tert-OH is 1. The van der Waals surface area contributed by atoms with Crippen molar-refractivity contribution >= 4 is 11.9 Å². The van der Waals surface area contributed by atoms with Crippen LogP contribution in [0.15, 0.2) is 0 Å². The molecule has 1 atom stereocenters. The molecule has 0 aliphatic carbocycles. The molecule has 0 aromatic rings. The van der Waals surface area contributed by atoms with Crippen LogP contribution in [0.25, 0.3) is 0 Å². The molecular weight excluding hydrogens is 160 g/mol. The molecule has 0 spiro atoms. The number of aliphatic hydroxyl groups is 1. The maximum Gasteiger partial charge on any atom is 0.321 e. The number of amides is 3. The van der Waals surface area contributed by atoms with E-state index < -0.39 is 12.1 Å². The van der Waals surface area contributed by atoms with Gasteiger partial charge in [0.2, 0.25) is 5.91 Å². The van der Waals surface area contributed by atoms with Crippen LogP contribution in [0.5, 0.6) is 0 Å². The van der Waals surface area contributed by atoms with Gasteiger partial charge in [-0.15, -0.1) is 0 Å². The SMILES string of the molecule is NC(=O)N1C(=O)CCCC1CO. The van der Waals surface area contributed by atoms with E-state index in [4.69, 9.17) is 10.8 Å². The van der Waals surface area contributed by atoms with Crippen molar-refractivity contribution in [3.8, 4) is 0 Å². The summed E-state index contributed by atoms with van der Waals surface area (Å²) in [6.45, 7) is -0.200. The van der Waals surface area contributed by atoms with E-state index in [0.717, 1.165) is 4.90 Å². The standard InChI is InChI=1S/C7H12N2O3/c8-7(12)9-5(4-10)2-1-3-6(9)11/h5,10H,1-4H2,(H2,8,12). The van der Waals surface area contributed by atoms with E-state index in [-0.39, 0.29) is 12.5 Å². The van der Waals surface area contributed by atoms with Crippen molar-refractivity contribution in [1.82, 2.24) is 4.90 Å². The molecule has 68 valence electrons. The smallest absolute Gasteiger partial charge is 0.321 e. The van der Waals surface area contributed by atoms with Crippen molar-refractivity contribution in [2.24, 2.45) is 5.73 Å². The summed E-state index contributed by atoms with van der Waals surface area (Å²) in [6.07, 6.45) is 1.71. The second-order valence-corrected chi connectivity index (χ2v) is 2.83. The molecule has 3 N–H and O–H groups in total. The minimum absolute atomic E-state index is 0.200. The number of likely N-dealkylation sites (tertiary alicyclic amines) is 1. The largest absolute Gasteiger partial charge is 0.394 e.